The molecule has 126 valence electrons. The molecular formula is C19H38O2. The molecule has 0 saturated carbocycles. The van der Waals surface area contributed by atoms with Gasteiger partial charge in [-0.3, -0.25) is 4.79 Å². The Balaban J connectivity index is 4.61. The molecule has 0 N–H and O–H groups in total. The van der Waals surface area contributed by atoms with Crippen LogP contribution in [0, 0.1) is 28.6 Å². The van der Waals surface area contributed by atoms with Crippen LogP contribution >= 0.6 is 0 Å². The zero-order chi connectivity index (χ0) is 16.8. The van der Waals surface area contributed by atoms with E-state index in [1.807, 2.05) is 0 Å². The maximum atomic E-state index is 12.1. The standard InChI is InChI=1S/C19H38O2/c1-14(12-18(3,4)5)10-11-16(17(20)21-9)15(2)13-19(6,7)8/h14-16H,10-13H2,1-9H3. The highest BCUT2D eigenvalue weighted by Gasteiger charge is 2.29. The minimum Gasteiger partial charge on any atom is -0.469 e. The molecule has 0 aromatic heterocycles. The molecule has 3 unspecified atom stereocenters. The minimum atomic E-state index is -0.0327. The lowest BCUT2D eigenvalue weighted by Gasteiger charge is -2.30. The zero-order valence-corrected chi connectivity index (χ0v) is 15.9. The normalized spacial score (nSPS) is 17.2. The van der Waals surface area contributed by atoms with Gasteiger partial charge in [-0.15, -0.1) is 0 Å². The number of hydrogen-bond acceptors (Lipinski definition) is 2. The van der Waals surface area contributed by atoms with Gasteiger partial charge < -0.3 is 4.74 Å². The smallest absolute Gasteiger partial charge is 0.308 e. The first-order valence-electron chi connectivity index (χ1n) is 8.43. The summed E-state index contributed by atoms with van der Waals surface area (Å²) in [5, 5.41) is 0. The SMILES string of the molecule is COC(=O)C(CCC(C)CC(C)(C)C)C(C)CC(C)(C)C. The van der Waals surface area contributed by atoms with E-state index in [1.54, 1.807) is 0 Å². The van der Waals surface area contributed by atoms with Crippen molar-refractivity contribution in [2.45, 2.75) is 81.1 Å². The van der Waals surface area contributed by atoms with Crippen LogP contribution in [0.25, 0.3) is 0 Å². The Morgan fingerprint density at radius 1 is 0.905 bits per heavy atom. The molecule has 0 rings (SSSR count). The van der Waals surface area contributed by atoms with E-state index in [9.17, 15) is 4.79 Å². The van der Waals surface area contributed by atoms with Crippen LogP contribution in [-0.2, 0) is 9.53 Å². The Morgan fingerprint density at radius 3 is 1.76 bits per heavy atom. The Labute approximate surface area is 133 Å². The van der Waals surface area contributed by atoms with E-state index in [-0.39, 0.29) is 17.3 Å². The van der Waals surface area contributed by atoms with E-state index in [0.717, 1.165) is 19.3 Å². The molecule has 0 aromatic rings. The van der Waals surface area contributed by atoms with Crippen molar-refractivity contribution in [3.8, 4) is 0 Å². The summed E-state index contributed by atoms with van der Waals surface area (Å²) in [7, 11) is 1.51. The number of carbonyl (C=O) groups excluding carboxylic acids is 1. The number of rotatable bonds is 7. The van der Waals surface area contributed by atoms with Gasteiger partial charge in [-0.2, -0.15) is 0 Å². The fourth-order valence-corrected chi connectivity index (χ4v) is 3.51. The van der Waals surface area contributed by atoms with Crippen molar-refractivity contribution in [3.05, 3.63) is 0 Å². The first-order valence-corrected chi connectivity index (χ1v) is 8.43. The molecular weight excluding hydrogens is 260 g/mol. The van der Waals surface area contributed by atoms with Crippen LogP contribution in [0.15, 0.2) is 0 Å². The molecule has 0 aromatic carbocycles. The fourth-order valence-electron chi connectivity index (χ4n) is 3.51. The van der Waals surface area contributed by atoms with Crippen molar-refractivity contribution in [2.24, 2.45) is 28.6 Å². The van der Waals surface area contributed by atoms with Crippen molar-refractivity contribution >= 4 is 5.97 Å². The Kier molecular flexibility index (Phi) is 7.99. The third-order valence-corrected chi connectivity index (χ3v) is 4.06. The van der Waals surface area contributed by atoms with Crippen LogP contribution in [-0.4, -0.2) is 13.1 Å². The summed E-state index contributed by atoms with van der Waals surface area (Å²) in [4.78, 5) is 12.1. The van der Waals surface area contributed by atoms with Crippen LogP contribution in [0.5, 0.6) is 0 Å². The van der Waals surface area contributed by atoms with Crippen molar-refractivity contribution in [2.75, 3.05) is 7.11 Å². The molecule has 2 heteroatoms. The molecule has 3 atom stereocenters. The summed E-state index contributed by atoms with van der Waals surface area (Å²) in [6, 6.07) is 0. The molecule has 21 heavy (non-hydrogen) atoms. The number of ether oxygens (including phenoxy) is 1. The second-order valence-electron chi connectivity index (χ2n) is 9.32. The third-order valence-electron chi connectivity index (χ3n) is 4.06. The molecule has 0 heterocycles. The van der Waals surface area contributed by atoms with Gasteiger partial charge in [-0.1, -0.05) is 55.4 Å². The topological polar surface area (TPSA) is 26.3 Å². The molecule has 0 bridgehead atoms. The van der Waals surface area contributed by atoms with Crippen molar-refractivity contribution in [1.29, 1.82) is 0 Å². The van der Waals surface area contributed by atoms with Gasteiger partial charge in [0.15, 0.2) is 0 Å². The summed E-state index contributed by atoms with van der Waals surface area (Å²) in [6.07, 6.45) is 4.31. The third kappa shape index (κ3) is 9.92. The van der Waals surface area contributed by atoms with Gasteiger partial charge in [0.1, 0.15) is 0 Å². The van der Waals surface area contributed by atoms with Gasteiger partial charge in [0.25, 0.3) is 0 Å². The van der Waals surface area contributed by atoms with Crippen molar-refractivity contribution in [1.82, 2.24) is 0 Å². The summed E-state index contributed by atoms with van der Waals surface area (Å²) >= 11 is 0. The van der Waals surface area contributed by atoms with Gasteiger partial charge in [0.05, 0.1) is 13.0 Å². The van der Waals surface area contributed by atoms with Gasteiger partial charge in [-0.25, -0.2) is 0 Å². The second kappa shape index (κ2) is 8.19. The average Bonchev–Trinajstić information content (AvgIpc) is 2.23. The maximum Gasteiger partial charge on any atom is 0.308 e. The highest BCUT2D eigenvalue weighted by Crippen LogP contribution is 2.34. The summed E-state index contributed by atoms with van der Waals surface area (Å²) in [6.45, 7) is 18.0. The van der Waals surface area contributed by atoms with Crippen LogP contribution in [0.3, 0.4) is 0 Å². The maximum absolute atomic E-state index is 12.1. The molecule has 0 saturated heterocycles. The summed E-state index contributed by atoms with van der Waals surface area (Å²) in [5.41, 5.74) is 0.611. The van der Waals surface area contributed by atoms with Crippen LogP contribution < -0.4 is 0 Å². The number of carbonyl (C=O) groups is 1. The summed E-state index contributed by atoms with van der Waals surface area (Å²) in [5.74, 6) is 1.03. The van der Waals surface area contributed by atoms with E-state index in [4.69, 9.17) is 4.74 Å². The monoisotopic (exact) mass is 298 g/mol. The Hall–Kier alpha value is -0.530. The first-order chi connectivity index (χ1) is 9.35. The number of methoxy groups -OCH3 is 1. The Morgan fingerprint density at radius 2 is 1.38 bits per heavy atom. The van der Waals surface area contributed by atoms with E-state index in [1.165, 1.54) is 13.5 Å². The van der Waals surface area contributed by atoms with E-state index in [0.29, 0.717) is 17.3 Å². The zero-order valence-electron chi connectivity index (χ0n) is 15.9. The van der Waals surface area contributed by atoms with Crippen molar-refractivity contribution in [3.63, 3.8) is 0 Å². The van der Waals surface area contributed by atoms with Gasteiger partial charge in [-0.05, 0) is 48.3 Å². The van der Waals surface area contributed by atoms with E-state index >= 15 is 0 Å². The highest BCUT2D eigenvalue weighted by atomic mass is 16.5. The van der Waals surface area contributed by atoms with Gasteiger partial charge in [0, 0.05) is 0 Å². The fraction of sp³-hybridized carbons (Fsp3) is 0.947. The van der Waals surface area contributed by atoms with Crippen LogP contribution in [0.1, 0.15) is 81.1 Å². The molecule has 0 spiro atoms. The molecule has 0 fully saturated rings. The Bertz CT molecular complexity index is 307. The average molecular weight is 299 g/mol. The quantitative estimate of drug-likeness (QED) is 0.563. The number of esters is 1. The van der Waals surface area contributed by atoms with Gasteiger partial charge in [0.2, 0.25) is 0 Å². The lowest BCUT2D eigenvalue weighted by molar-refractivity contribution is -0.148. The largest absolute Gasteiger partial charge is 0.469 e. The molecule has 0 radical (unpaired) electrons. The van der Waals surface area contributed by atoms with Crippen molar-refractivity contribution < 1.29 is 9.53 Å². The minimum absolute atomic E-state index is 0.0327. The van der Waals surface area contributed by atoms with Gasteiger partial charge >= 0.3 is 5.97 Å². The van der Waals surface area contributed by atoms with Crippen LogP contribution in [0.2, 0.25) is 0 Å². The molecule has 0 aliphatic carbocycles. The van der Waals surface area contributed by atoms with E-state index in [2.05, 4.69) is 55.4 Å². The predicted molar refractivity (Wildman–Crippen MR) is 91.2 cm³/mol. The molecule has 0 aliphatic rings. The van der Waals surface area contributed by atoms with E-state index < -0.39 is 0 Å². The summed E-state index contributed by atoms with van der Waals surface area (Å²) < 4.78 is 5.04. The molecule has 0 amide bonds. The second-order valence-corrected chi connectivity index (χ2v) is 9.32. The molecule has 2 nitrogen and oxygen atoms in total. The lowest BCUT2D eigenvalue weighted by atomic mass is 9.76. The highest BCUT2D eigenvalue weighted by molar-refractivity contribution is 5.72. The number of hydrogen-bond donors (Lipinski definition) is 0. The van der Waals surface area contributed by atoms with Crippen LogP contribution in [0.4, 0.5) is 0 Å². The first kappa shape index (κ1) is 20.5. The lowest BCUT2D eigenvalue weighted by Crippen LogP contribution is -2.27. The predicted octanol–water partition coefficient (Wildman–Crippen LogP) is 5.70. The molecule has 0 aliphatic heterocycles.